The van der Waals surface area contributed by atoms with Crippen molar-refractivity contribution in [2.24, 2.45) is 0 Å². The molecule has 70 valence electrons. The molecule has 0 aliphatic rings. The van der Waals surface area contributed by atoms with Crippen LogP contribution in [0.4, 0.5) is 0 Å². The van der Waals surface area contributed by atoms with Crippen molar-refractivity contribution in [1.29, 1.82) is 0 Å². The maximum Gasteiger partial charge on any atom is 0.293 e. The first kappa shape index (κ1) is 11.4. The van der Waals surface area contributed by atoms with E-state index in [4.69, 9.17) is 4.55 Å². The van der Waals surface area contributed by atoms with Gasteiger partial charge in [-0.1, -0.05) is 32.4 Å². The zero-order chi connectivity index (χ0) is 9.61. The third kappa shape index (κ3) is 5.09. The van der Waals surface area contributed by atoms with E-state index in [9.17, 15) is 8.42 Å². The van der Waals surface area contributed by atoms with Gasteiger partial charge in [-0.15, -0.1) is 0 Å². The van der Waals surface area contributed by atoms with Crippen LogP contribution in [0.2, 0.25) is 0 Å². The third-order valence-corrected chi connectivity index (χ3v) is 2.16. The standard InChI is InChI=1S/C8H14O3S/c1-3-4-5-6-7-8(2)12(9,10)11/h6-7H,2-5H2,1H3,(H,9,10,11). The van der Waals surface area contributed by atoms with Gasteiger partial charge in [-0.3, -0.25) is 4.55 Å². The molecule has 0 atom stereocenters. The molecule has 0 aliphatic heterocycles. The Bertz CT molecular complexity index is 262. The second-order valence-corrected chi connectivity index (χ2v) is 3.96. The molecule has 0 saturated carbocycles. The van der Waals surface area contributed by atoms with Crippen LogP contribution in [-0.4, -0.2) is 13.0 Å². The minimum atomic E-state index is -4.07. The molecule has 1 N–H and O–H groups in total. The van der Waals surface area contributed by atoms with Crippen molar-refractivity contribution in [3.8, 4) is 0 Å². The average molecular weight is 190 g/mol. The van der Waals surface area contributed by atoms with E-state index in [1.807, 2.05) is 6.92 Å². The van der Waals surface area contributed by atoms with Crippen molar-refractivity contribution >= 4 is 10.1 Å². The van der Waals surface area contributed by atoms with Gasteiger partial charge in [0.05, 0.1) is 4.91 Å². The smallest absolute Gasteiger partial charge is 0.282 e. The van der Waals surface area contributed by atoms with E-state index in [1.54, 1.807) is 6.08 Å². The predicted molar refractivity (Wildman–Crippen MR) is 49.4 cm³/mol. The molecule has 0 bridgehead atoms. The normalized spacial score (nSPS) is 12.2. The van der Waals surface area contributed by atoms with Gasteiger partial charge in [-0.05, 0) is 12.5 Å². The second kappa shape index (κ2) is 5.11. The third-order valence-electron chi connectivity index (χ3n) is 1.36. The molecule has 0 amide bonds. The fraction of sp³-hybridized carbons (Fsp3) is 0.500. The van der Waals surface area contributed by atoms with Crippen molar-refractivity contribution in [1.82, 2.24) is 0 Å². The molecule has 0 heterocycles. The van der Waals surface area contributed by atoms with Crippen molar-refractivity contribution in [2.75, 3.05) is 0 Å². The molecule has 0 aliphatic carbocycles. The summed E-state index contributed by atoms with van der Waals surface area (Å²) in [5.41, 5.74) is 0. The SMILES string of the molecule is C=C(C=CCCCC)S(=O)(=O)O. The zero-order valence-corrected chi connectivity index (χ0v) is 7.97. The highest BCUT2D eigenvalue weighted by Gasteiger charge is 2.05. The van der Waals surface area contributed by atoms with Crippen LogP contribution in [0.15, 0.2) is 23.6 Å². The molecule has 0 spiro atoms. The molecule has 0 saturated heterocycles. The van der Waals surface area contributed by atoms with E-state index in [1.165, 1.54) is 6.08 Å². The summed E-state index contributed by atoms with van der Waals surface area (Å²) >= 11 is 0. The van der Waals surface area contributed by atoms with Gasteiger partial charge in [0.15, 0.2) is 0 Å². The molecule has 0 radical (unpaired) electrons. The maximum atomic E-state index is 10.4. The molecule has 0 aromatic rings. The first-order valence-corrected chi connectivity index (χ1v) is 5.25. The van der Waals surface area contributed by atoms with Crippen molar-refractivity contribution in [3.63, 3.8) is 0 Å². The van der Waals surface area contributed by atoms with E-state index in [0.29, 0.717) is 0 Å². The van der Waals surface area contributed by atoms with Crippen LogP contribution in [0.3, 0.4) is 0 Å². The van der Waals surface area contributed by atoms with Gasteiger partial charge < -0.3 is 0 Å². The van der Waals surface area contributed by atoms with Gasteiger partial charge in [-0.2, -0.15) is 8.42 Å². The highest BCUT2D eigenvalue weighted by Crippen LogP contribution is 2.04. The van der Waals surface area contributed by atoms with E-state index < -0.39 is 10.1 Å². The van der Waals surface area contributed by atoms with E-state index in [-0.39, 0.29) is 4.91 Å². The Morgan fingerprint density at radius 2 is 2.17 bits per heavy atom. The lowest BCUT2D eigenvalue weighted by Gasteiger charge is -1.93. The first-order chi connectivity index (χ1) is 5.48. The summed E-state index contributed by atoms with van der Waals surface area (Å²) in [6, 6.07) is 0. The van der Waals surface area contributed by atoms with Crippen LogP contribution in [0.5, 0.6) is 0 Å². The Labute approximate surface area is 73.5 Å². The maximum absolute atomic E-state index is 10.4. The highest BCUT2D eigenvalue weighted by molar-refractivity contribution is 7.90. The van der Waals surface area contributed by atoms with Crippen LogP contribution in [-0.2, 0) is 10.1 Å². The van der Waals surface area contributed by atoms with Gasteiger partial charge >= 0.3 is 0 Å². The number of hydrogen-bond acceptors (Lipinski definition) is 2. The molecule has 0 aromatic heterocycles. The number of allylic oxidation sites excluding steroid dienone is 2. The molecular formula is C8H14O3S. The van der Waals surface area contributed by atoms with Crippen LogP contribution < -0.4 is 0 Å². The Morgan fingerprint density at radius 3 is 2.58 bits per heavy atom. The lowest BCUT2D eigenvalue weighted by atomic mass is 10.2. The Balaban J connectivity index is 3.94. The Kier molecular flexibility index (Phi) is 4.85. The average Bonchev–Trinajstić information content (AvgIpc) is 1.96. The molecule has 0 rings (SSSR count). The molecule has 0 fully saturated rings. The topological polar surface area (TPSA) is 54.4 Å². The predicted octanol–water partition coefficient (Wildman–Crippen LogP) is 2.13. The van der Waals surface area contributed by atoms with Gasteiger partial charge in [0.2, 0.25) is 0 Å². The van der Waals surface area contributed by atoms with Crippen LogP contribution in [0, 0.1) is 0 Å². The highest BCUT2D eigenvalue weighted by atomic mass is 32.2. The molecule has 12 heavy (non-hydrogen) atoms. The van der Waals surface area contributed by atoms with Gasteiger partial charge in [0.1, 0.15) is 0 Å². The fourth-order valence-electron chi connectivity index (χ4n) is 0.623. The summed E-state index contributed by atoms with van der Waals surface area (Å²) in [5.74, 6) is 0. The summed E-state index contributed by atoms with van der Waals surface area (Å²) in [5, 5.41) is 0. The summed E-state index contributed by atoms with van der Waals surface area (Å²) in [6.07, 6.45) is 5.90. The Hall–Kier alpha value is -0.610. The molecule has 3 nitrogen and oxygen atoms in total. The summed E-state index contributed by atoms with van der Waals surface area (Å²) in [6.45, 7) is 5.25. The van der Waals surface area contributed by atoms with E-state index in [0.717, 1.165) is 19.3 Å². The lowest BCUT2D eigenvalue weighted by Crippen LogP contribution is -1.97. The number of hydrogen-bond donors (Lipinski definition) is 1. The summed E-state index contributed by atoms with van der Waals surface area (Å²) in [4.78, 5) is -0.251. The minimum absolute atomic E-state index is 0.251. The number of unbranched alkanes of at least 4 members (excludes halogenated alkanes) is 2. The van der Waals surface area contributed by atoms with Crippen LogP contribution in [0.25, 0.3) is 0 Å². The van der Waals surface area contributed by atoms with Crippen LogP contribution >= 0.6 is 0 Å². The largest absolute Gasteiger partial charge is 0.293 e. The van der Waals surface area contributed by atoms with Gasteiger partial charge in [0.25, 0.3) is 10.1 Å². The minimum Gasteiger partial charge on any atom is -0.282 e. The number of rotatable bonds is 5. The lowest BCUT2D eigenvalue weighted by molar-refractivity contribution is 0.492. The Morgan fingerprint density at radius 1 is 1.58 bits per heavy atom. The molecule has 4 heteroatoms. The quantitative estimate of drug-likeness (QED) is 0.410. The van der Waals surface area contributed by atoms with Crippen molar-refractivity contribution < 1.29 is 13.0 Å². The molecule has 0 unspecified atom stereocenters. The van der Waals surface area contributed by atoms with E-state index in [2.05, 4.69) is 6.58 Å². The van der Waals surface area contributed by atoms with Gasteiger partial charge in [0, 0.05) is 0 Å². The summed E-state index contributed by atoms with van der Waals surface area (Å²) < 4.78 is 29.3. The zero-order valence-electron chi connectivity index (χ0n) is 7.16. The molecular weight excluding hydrogens is 176 g/mol. The monoisotopic (exact) mass is 190 g/mol. The first-order valence-electron chi connectivity index (χ1n) is 3.81. The van der Waals surface area contributed by atoms with Crippen molar-refractivity contribution in [2.45, 2.75) is 26.2 Å². The van der Waals surface area contributed by atoms with Crippen LogP contribution in [0.1, 0.15) is 26.2 Å². The van der Waals surface area contributed by atoms with Gasteiger partial charge in [-0.25, -0.2) is 0 Å². The summed E-state index contributed by atoms with van der Waals surface area (Å²) in [7, 11) is -4.07. The van der Waals surface area contributed by atoms with Crippen molar-refractivity contribution in [3.05, 3.63) is 23.6 Å². The second-order valence-electron chi connectivity index (χ2n) is 2.49. The molecule has 0 aromatic carbocycles. The fourth-order valence-corrected chi connectivity index (χ4v) is 0.891. The van der Waals surface area contributed by atoms with E-state index >= 15 is 0 Å².